The number of carbonyl (C=O) groups is 1. The lowest BCUT2D eigenvalue weighted by Crippen LogP contribution is -2.57. The molecule has 2 rings (SSSR count). The first-order chi connectivity index (χ1) is 14.1. The van der Waals surface area contributed by atoms with Crippen molar-refractivity contribution in [3.05, 3.63) is 29.6 Å². The van der Waals surface area contributed by atoms with Gasteiger partial charge in [-0.05, 0) is 67.7 Å². The molecule has 31 heavy (non-hydrogen) atoms. The van der Waals surface area contributed by atoms with E-state index in [-0.39, 0.29) is 22.6 Å². The number of aliphatic hydroxyl groups is 1. The highest BCUT2D eigenvalue weighted by Gasteiger charge is 2.44. The number of benzene rings is 1. The van der Waals surface area contributed by atoms with E-state index >= 15 is 4.39 Å². The number of halogens is 1. The number of hydrogen-bond acceptors (Lipinski definition) is 5. The fourth-order valence-electron chi connectivity index (χ4n) is 3.61. The Morgan fingerprint density at radius 3 is 2.19 bits per heavy atom. The number of hydrogen-bond donors (Lipinski definition) is 2. The van der Waals surface area contributed by atoms with E-state index in [1.807, 2.05) is 20.8 Å². The molecule has 0 aromatic heterocycles. The van der Waals surface area contributed by atoms with E-state index in [1.165, 1.54) is 6.07 Å². The van der Waals surface area contributed by atoms with Crippen LogP contribution in [0, 0.1) is 5.82 Å². The molecule has 0 atom stereocenters. The Bertz CT molecular complexity index is 779. The van der Waals surface area contributed by atoms with Gasteiger partial charge >= 0.3 is 13.2 Å². The van der Waals surface area contributed by atoms with Crippen molar-refractivity contribution >= 4 is 18.7 Å². The van der Waals surface area contributed by atoms with Crippen molar-refractivity contribution in [2.45, 2.75) is 91.1 Å². The van der Waals surface area contributed by atoms with Gasteiger partial charge in [-0.2, -0.15) is 4.79 Å². The van der Waals surface area contributed by atoms with Crippen molar-refractivity contribution in [3.63, 3.8) is 0 Å². The van der Waals surface area contributed by atoms with Gasteiger partial charge in [0, 0.05) is 11.0 Å². The topological polar surface area (TPSA) is 76.0 Å². The molecular weight excluding hydrogens is 400 g/mol. The second kappa shape index (κ2) is 9.18. The lowest BCUT2D eigenvalue weighted by atomic mass is 9.75. The Morgan fingerprint density at radius 1 is 1.10 bits per heavy atom. The minimum atomic E-state index is -1.56. The van der Waals surface area contributed by atoms with Crippen molar-refractivity contribution in [2.24, 2.45) is 0 Å². The van der Waals surface area contributed by atoms with Crippen LogP contribution in [0.3, 0.4) is 0 Å². The molecule has 0 bridgehead atoms. The zero-order chi connectivity index (χ0) is 23.7. The number of quaternary nitrogens is 1. The summed E-state index contributed by atoms with van der Waals surface area (Å²) in [5.41, 5.74) is -2.69. The maximum atomic E-state index is 15.5. The average molecular weight is 438 g/mol. The molecule has 8 heteroatoms. The number of amides is 1. The zero-order valence-corrected chi connectivity index (χ0v) is 20.0. The Morgan fingerprint density at radius 2 is 1.68 bits per heavy atom. The summed E-state index contributed by atoms with van der Waals surface area (Å²) in [7, 11) is -1.56. The minimum Gasteiger partial charge on any atom is -0.423 e. The first kappa shape index (κ1) is 25.8. The van der Waals surface area contributed by atoms with Crippen molar-refractivity contribution < 1.29 is 33.2 Å². The van der Waals surface area contributed by atoms with Crippen LogP contribution in [0.4, 0.5) is 9.18 Å². The van der Waals surface area contributed by atoms with Crippen LogP contribution < -0.4 is 5.46 Å². The lowest BCUT2D eigenvalue weighted by Gasteiger charge is -2.39. The summed E-state index contributed by atoms with van der Waals surface area (Å²) in [5.74, 6) is -0.604. The molecule has 0 spiro atoms. The fourth-order valence-corrected chi connectivity index (χ4v) is 3.61. The fraction of sp³-hybridized carbons (Fsp3) is 0.696. The molecule has 0 unspecified atom stereocenters. The van der Waals surface area contributed by atoms with Gasteiger partial charge in [-0.3, -0.25) is 0 Å². The standard InChI is InChI=1S/C23H38BFNO5/c1-21(2,3)30-20(27)26(14-9-8-10-15-26)16-17-12-11-13-18(19(17)25)24(29)31-23(6,7)22(4,5)28/h11-13,28-29H,8-10,14-16H2,1-7H3/q+1. The number of likely N-dealkylation sites (tertiary alicyclic amines) is 1. The second-order valence-corrected chi connectivity index (χ2v) is 10.7. The summed E-state index contributed by atoms with van der Waals surface area (Å²) < 4.78 is 26.8. The van der Waals surface area contributed by atoms with Crippen LogP contribution >= 0.6 is 0 Å². The van der Waals surface area contributed by atoms with Crippen molar-refractivity contribution in [1.82, 2.24) is 0 Å². The highest BCUT2D eigenvalue weighted by Crippen LogP contribution is 2.28. The molecule has 6 nitrogen and oxygen atoms in total. The first-order valence-corrected chi connectivity index (χ1v) is 11.0. The summed E-state index contributed by atoms with van der Waals surface area (Å²) in [6, 6.07) is 4.73. The quantitative estimate of drug-likeness (QED) is 0.525. The number of carbonyl (C=O) groups excluding carboxylic acids is 1. The van der Waals surface area contributed by atoms with E-state index in [1.54, 1.807) is 39.8 Å². The van der Waals surface area contributed by atoms with Crippen LogP contribution in [0.15, 0.2) is 18.2 Å². The predicted octanol–water partition coefficient (Wildman–Crippen LogP) is 3.52. The minimum absolute atomic E-state index is 0.0193. The van der Waals surface area contributed by atoms with Crippen molar-refractivity contribution in [3.8, 4) is 0 Å². The third-order valence-corrected chi connectivity index (χ3v) is 6.18. The monoisotopic (exact) mass is 438 g/mol. The summed E-state index contributed by atoms with van der Waals surface area (Å²) >= 11 is 0. The number of rotatable bonds is 6. The van der Waals surface area contributed by atoms with Crippen LogP contribution in [0.25, 0.3) is 0 Å². The SMILES string of the molecule is CC(C)(C)OC(=O)[N+]1(Cc2cccc(B(O)OC(C)(C)C(C)(C)O)c2F)CCCCC1. The molecular formula is C23H38BFNO5+. The van der Waals surface area contributed by atoms with Gasteiger partial charge in [0.15, 0.2) is 0 Å². The molecule has 0 aliphatic carbocycles. The van der Waals surface area contributed by atoms with E-state index in [0.717, 1.165) is 19.3 Å². The maximum absolute atomic E-state index is 15.5. The van der Waals surface area contributed by atoms with Gasteiger partial charge in [0.2, 0.25) is 0 Å². The zero-order valence-electron chi connectivity index (χ0n) is 20.0. The molecule has 0 radical (unpaired) electrons. The molecule has 1 aromatic carbocycles. The van der Waals surface area contributed by atoms with E-state index in [0.29, 0.717) is 18.7 Å². The van der Waals surface area contributed by atoms with Crippen LogP contribution in [0.2, 0.25) is 0 Å². The molecule has 1 amide bonds. The third-order valence-electron chi connectivity index (χ3n) is 6.18. The molecule has 1 aliphatic rings. The van der Waals surface area contributed by atoms with E-state index < -0.39 is 29.7 Å². The maximum Gasteiger partial charge on any atom is 0.516 e. The highest BCUT2D eigenvalue weighted by atomic mass is 19.1. The van der Waals surface area contributed by atoms with Gasteiger partial charge in [-0.15, -0.1) is 0 Å². The molecule has 1 saturated heterocycles. The number of ether oxygens (including phenoxy) is 1. The molecule has 1 aliphatic heterocycles. The third kappa shape index (κ3) is 6.28. The van der Waals surface area contributed by atoms with Crippen LogP contribution in [0.1, 0.15) is 73.3 Å². The van der Waals surface area contributed by atoms with Crippen LogP contribution in [0.5, 0.6) is 0 Å². The molecule has 1 aromatic rings. The van der Waals surface area contributed by atoms with E-state index in [9.17, 15) is 14.9 Å². The summed E-state index contributed by atoms with van der Waals surface area (Å²) in [6.45, 7) is 13.2. The van der Waals surface area contributed by atoms with E-state index in [2.05, 4.69) is 0 Å². The first-order valence-electron chi connectivity index (χ1n) is 11.0. The predicted molar refractivity (Wildman–Crippen MR) is 119 cm³/mol. The average Bonchev–Trinajstić information content (AvgIpc) is 2.61. The summed E-state index contributed by atoms with van der Waals surface area (Å²) in [5, 5.41) is 20.9. The normalized spacial score (nSPS) is 17.4. The Labute approximate surface area is 186 Å². The largest absolute Gasteiger partial charge is 0.516 e. The smallest absolute Gasteiger partial charge is 0.423 e. The van der Waals surface area contributed by atoms with Gasteiger partial charge in [0.1, 0.15) is 18.0 Å². The summed E-state index contributed by atoms with van der Waals surface area (Å²) in [6.07, 6.45) is 2.42. The van der Waals surface area contributed by atoms with Gasteiger partial charge in [0.25, 0.3) is 0 Å². The Kier molecular flexibility index (Phi) is 7.63. The van der Waals surface area contributed by atoms with Crippen molar-refractivity contribution in [2.75, 3.05) is 13.1 Å². The Hall–Kier alpha value is -1.48. The van der Waals surface area contributed by atoms with Gasteiger partial charge in [0.05, 0.1) is 24.3 Å². The number of piperidine rings is 1. The molecule has 0 saturated carbocycles. The second-order valence-electron chi connectivity index (χ2n) is 10.7. The van der Waals surface area contributed by atoms with E-state index in [4.69, 9.17) is 9.39 Å². The summed E-state index contributed by atoms with van der Waals surface area (Å²) in [4.78, 5) is 13.1. The van der Waals surface area contributed by atoms with Gasteiger partial charge in [-0.25, -0.2) is 8.87 Å². The van der Waals surface area contributed by atoms with Crippen LogP contribution in [-0.2, 0) is 15.9 Å². The Balaban J connectivity index is 2.33. The highest BCUT2D eigenvalue weighted by molar-refractivity contribution is 6.60. The van der Waals surface area contributed by atoms with Crippen molar-refractivity contribution in [1.29, 1.82) is 0 Å². The molecule has 1 fully saturated rings. The molecule has 1 heterocycles. The number of nitrogens with zero attached hydrogens (tertiary/aromatic N) is 1. The van der Waals surface area contributed by atoms with Gasteiger partial charge < -0.3 is 19.5 Å². The van der Waals surface area contributed by atoms with Gasteiger partial charge in [-0.1, -0.05) is 18.2 Å². The van der Waals surface area contributed by atoms with Crippen LogP contribution in [-0.4, -0.2) is 57.7 Å². The molecule has 174 valence electrons. The molecule has 2 N–H and O–H groups in total. The lowest BCUT2D eigenvalue weighted by molar-refractivity contribution is -0.876.